The summed E-state index contributed by atoms with van der Waals surface area (Å²) < 4.78 is 40.3. The van der Waals surface area contributed by atoms with E-state index in [-0.39, 0.29) is 25.3 Å². The fraction of sp³-hybridized carbons (Fsp3) is 0.359. The van der Waals surface area contributed by atoms with E-state index in [1.165, 1.54) is 24.5 Å². The first-order valence-corrected chi connectivity index (χ1v) is 17.8. The second-order valence-corrected chi connectivity index (χ2v) is 15.1. The summed E-state index contributed by atoms with van der Waals surface area (Å²) in [4.78, 5) is 32.8. The number of likely N-dealkylation sites (N-methyl/N-ethyl adjacent to an activating group) is 1. The fourth-order valence-corrected chi connectivity index (χ4v) is 6.97. The van der Waals surface area contributed by atoms with E-state index in [2.05, 4.69) is 11.2 Å². The van der Waals surface area contributed by atoms with Crippen molar-refractivity contribution in [3.05, 3.63) is 104 Å². The molecule has 1 aliphatic heterocycles. The predicted octanol–water partition coefficient (Wildman–Crippen LogP) is 7.06. The molecule has 278 valence electrons. The molecule has 5 rings (SSSR count). The Bertz CT molecular complexity index is 2040. The Kier molecular flexibility index (Phi) is 11.5. The van der Waals surface area contributed by atoms with Crippen LogP contribution in [0.1, 0.15) is 66.4 Å². The Morgan fingerprint density at radius 2 is 1.77 bits per heavy atom. The molecule has 53 heavy (non-hydrogen) atoms. The van der Waals surface area contributed by atoms with Gasteiger partial charge in [-0.2, -0.15) is 10.4 Å². The van der Waals surface area contributed by atoms with Gasteiger partial charge in [-0.1, -0.05) is 37.3 Å². The number of nitriles is 1. The minimum atomic E-state index is -1.86. The second kappa shape index (κ2) is 15.7. The molecule has 1 aromatic heterocycles. The van der Waals surface area contributed by atoms with E-state index in [1.54, 1.807) is 63.3 Å². The number of nitrogens with zero attached hydrogens (tertiary/aromatic N) is 6. The Labute approximate surface area is 311 Å². The average Bonchev–Trinajstić information content (AvgIpc) is 3.75. The minimum absolute atomic E-state index is 0.0798. The maximum absolute atomic E-state index is 15.4. The number of amides is 1. The van der Waals surface area contributed by atoms with Crippen molar-refractivity contribution in [1.82, 2.24) is 19.8 Å². The van der Waals surface area contributed by atoms with Crippen LogP contribution in [0.5, 0.6) is 5.75 Å². The van der Waals surface area contributed by atoms with Gasteiger partial charge < -0.3 is 24.4 Å². The lowest BCUT2D eigenvalue weighted by Gasteiger charge is -2.36. The number of carbonyl (C=O) groups is 2. The summed E-state index contributed by atoms with van der Waals surface area (Å²) in [7, 11) is 1.46. The Morgan fingerprint density at radius 1 is 1.09 bits per heavy atom. The lowest BCUT2D eigenvalue weighted by atomic mass is 9.81. The fourth-order valence-electron chi connectivity index (χ4n) is 5.99. The SMILES string of the molecule is Cc1cc(CN2C=NN(C[C@](O)(c3ccc(F)cc3F)[C@@H](C)c3nc(-c4ccc(C#N)cc4)cs3)C2)cc(C)c1OC(=O)CN(C)C(=O)OC(C)(C)C. The number of aromatic nitrogens is 1. The van der Waals surface area contributed by atoms with Crippen molar-refractivity contribution in [3.63, 3.8) is 0 Å². The van der Waals surface area contributed by atoms with Crippen molar-refractivity contribution in [2.75, 3.05) is 26.8 Å². The molecule has 3 aromatic carbocycles. The summed E-state index contributed by atoms with van der Waals surface area (Å²) in [5.41, 5.74) is 1.67. The van der Waals surface area contributed by atoms with Crippen molar-refractivity contribution >= 4 is 29.7 Å². The predicted molar refractivity (Wildman–Crippen MR) is 197 cm³/mol. The number of aliphatic hydroxyl groups is 1. The van der Waals surface area contributed by atoms with Gasteiger partial charge in [-0.15, -0.1) is 11.3 Å². The topological polar surface area (TPSA) is 132 Å². The van der Waals surface area contributed by atoms with Crippen LogP contribution in [0.3, 0.4) is 0 Å². The molecule has 0 saturated carbocycles. The number of benzene rings is 3. The Morgan fingerprint density at radius 3 is 2.40 bits per heavy atom. The van der Waals surface area contributed by atoms with Gasteiger partial charge in [-0.05, 0) is 69.5 Å². The molecule has 0 aliphatic carbocycles. The number of thiazole rings is 1. The van der Waals surface area contributed by atoms with Crippen LogP contribution < -0.4 is 4.74 Å². The molecule has 14 heteroatoms. The van der Waals surface area contributed by atoms with Gasteiger partial charge in [0, 0.05) is 42.1 Å². The zero-order valence-electron chi connectivity index (χ0n) is 30.7. The number of hydrazone groups is 1. The summed E-state index contributed by atoms with van der Waals surface area (Å²) in [5.74, 6) is -2.58. The first-order chi connectivity index (χ1) is 24.9. The zero-order chi connectivity index (χ0) is 38.7. The molecular weight excluding hydrogens is 703 g/mol. The first kappa shape index (κ1) is 38.8. The number of carbonyl (C=O) groups excluding carboxylic acids is 2. The van der Waals surface area contributed by atoms with Crippen molar-refractivity contribution in [2.24, 2.45) is 5.10 Å². The molecule has 11 nitrogen and oxygen atoms in total. The number of aryl methyl sites for hydroxylation is 2. The van der Waals surface area contributed by atoms with Crippen molar-refractivity contribution < 1.29 is 33.0 Å². The standard InChI is InChI=1S/C39H42F2N6O5S/c1-24-14-28(15-25(2)35(24)51-34(48)19-45(7)37(49)52-38(4,5)6)18-46-22-43-47(23-46)21-39(50,31-13-12-30(40)16-32(31)41)26(3)36-44-33(20-53-36)29-10-8-27(17-42)9-11-29/h8-16,20,22,26,50H,18-19,21,23H2,1-7H3/t26-,39+/m0/s1. The molecular formula is C39H42F2N6O5S. The summed E-state index contributed by atoms with van der Waals surface area (Å²) in [6.45, 7) is 10.9. The molecule has 0 fully saturated rings. The summed E-state index contributed by atoms with van der Waals surface area (Å²) in [6, 6.07) is 16.0. The summed E-state index contributed by atoms with van der Waals surface area (Å²) in [5, 5.41) is 30.0. The maximum Gasteiger partial charge on any atom is 0.410 e. The van der Waals surface area contributed by atoms with Gasteiger partial charge >= 0.3 is 12.1 Å². The van der Waals surface area contributed by atoms with Gasteiger partial charge in [0.15, 0.2) is 0 Å². The molecule has 1 N–H and O–H groups in total. The third-order valence-electron chi connectivity index (χ3n) is 8.66. The van der Waals surface area contributed by atoms with E-state index in [4.69, 9.17) is 19.7 Å². The van der Waals surface area contributed by atoms with Crippen LogP contribution in [0.25, 0.3) is 11.3 Å². The normalized spacial score (nSPS) is 14.4. The molecule has 0 saturated heterocycles. The van der Waals surface area contributed by atoms with Crippen LogP contribution in [0, 0.1) is 36.8 Å². The number of ether oxygens (including phenoxy) is 2. The third kappa shape index (κ3) is 9.35. The lowest BCUT2D eigenvalue weighted by Crippen LogP contribution is -2.44. The lowest BCUT2D eigenvalue weighted by molar-refractivity contribution is -0.135. The van der Waals surface area contributed by atoms with E-state index >= 15 is 4.39 Å². The van der Waals surface area contributed by atoms with Crippen molar-refractivity contribution in [3.8, 4) is 23.1 Å². The van der Waals surface area contributed by atoms with Gasteiger partial charge in [0.1, 0.15) is 48.1 Å². The van der Waals surface area contributed by atoms with Gasteiger partial charge in [0.25, 0.3) is 0 Å². The molecule has 2 heterocycles. The largest absolute Gasteiger partial charge is 0.444 e. The number of hydrogen-bond donors (Lipinski definition) is 1. The van der Waals surface area contributed by atoms with Crippen LogP contribution in [0.2, 0.25) is 0 Å². The monoisotopic (exact) mass is 744 g/mol. The Balaban J connectivity index is 1.28. The molecule has 2 atom stereocenters. The number of rotatable bonds is 11. The highest BCUT2D eigenvalue weighted by Gasteiger charge is 2.43. The van der Waals surface area contributed by atoms with Crippen LogP contribution in [0.4, 0.5) is 13.6 Å². The third-order valence-corrected chi connectivity index (χ3v) is 9.68. The molecule has 1 amide bonds. The van der Waals surface area contributed by atoms with Crippen LogP contribution in [-0.4, -0.2) is 75.7 Å². The van der Waals surface area contributed by atoms with Crippen molar-refractivity contribution in [1.29, 1.82) is 5.26 Å². The number of halogens is 2. The molecule has 1 aliphatic rings. The van der Waals surface area contributed by atoms with E-state index in [0.717, 1.165) is 39.3 Å². The van der Waals surface area contributed by atoms with E-state index in [0.29, 0.717) is 28.6 Å². The van der Waals surface area contributed by atoms with Gasteiger partial charge in [-0.3, -0.25) is 5.01 Å². The van der Waals surface area contributed by atoms with Gasteiger partial charge in [0.05, 0.1) is 28.9 Å². The highest BCUT2D eigenvalue weighted by molar-refractivity contribution is 7.10. The van der Waals surface area contributed by atoms with Crippen LogP contribution in [-0.2, 0) is 21.7 Å². The number of β-amino-alcohol motifs (C(OH)–C–C–N with tert-alkyl or cyclic N) is 1. The molecule has 0 unspecified atom stereocenters. The van der Waals surface area contributed by atoms with E-state index < -0.39 is 40.8 Å². The molecule has 0 spiro atoms. The molecule has 4 aromatic rings. The Hall–Kier alpha value is -5.39. The van der Waals surface area contributed by atoms with Crippen molar-refractivity contribution in [2.45, 2.75) is 65.2 Å². The summed E-state index contributed by atoms with van der Waals surface area (Å²) >= 11 is 1.31. The number of hydrogen-bond acceptors (Lipinski definition) is 11. The van der Waals surface area contributed by atoms with Gasteiger partial charge in [0.2, 0.25) is 0 Å². The van der Waals surface area contributed by atoms with E-state index in [1.807, 2.05) is 36.3 Å². The first-order valence-electron chi connectivity index (χ1n) is 16.9. The smallest absolute Gasteiger partial charge is 0.410 e. The van der Waals surface area contributed by atoms with Crippen LogP contribution in [0.15, 0.2) is 65.1 Å². The minimum Gasteiger partial charge on any atom is -0.444 e. The highest BCUT2D eigenvalue weighted by atomic mass is 32.1. The summed E-state index contributed by atoms with van der Waals surface area (Å²) in [6.07, 6.45) is 0.996. The van der Waals surface area contributed by atoms with Crippen LogP contribution >= 0.6 is 11.3 Å². The van der Waals surface area contributed by atoms with Gasteiger partial charge in [-0.25, -0.2) is 23.4 Å². The van der Waals surface area contributed by atoms with E-state index in [9.17, 15) is 19.1 Å². The number of esters is 1. The second-order valence-electron chi connectivity index (χ2n) is 14.2. The highest BCUT2D eigenvalue weighted by Crippen LogP contribution is 2.41. The quantitative estimate of drug-likeness (QED) is 0.127. The zero-order valence-corrected chi connectivity index (χ0v) is 31.5. The maximum atomic E-state index is 15.4. The molecule has 0 bridgehead atoms. The average molecular weight is 745 g/mol. The molecule has 0 radical (unpaired) electrons.